The number of amides is 1. The molecule has 0 aliphatic heterocycles. The Bertz CT molecular complexity index is 393. The molecule has 0 heterocycles. The van der Waals surface area contributed by atoms with Crippen molar-refractivity contribution < 1.29 is 9.53 Å². The highest BCUT2D eigenvalue weighted by Crippen LogP contribution is 2.23. The van der Waals surface area contributed by atoms with Gasteiger partial charge in [-0.3, -0.25) is 4.79 Å². The molecule has 1 rings (SSSR count). The molecule has 3 nitrogen and oxygen atoms in total. The zero-order valence-electron chi connectivity index (χ0n) is 11.0. The van der Waals surface area contributed by atoms with Gasteiger partial charge in [-0.25, -0.2) is 0 Å². The molecule has 0 bridgehead atoms. The van der Waals surface area contributed by atoms with E-state index >= 15 is 0 Å². The lowest BCUT2D eigenvalue weighted by Gasteiger charge is -2.11. The zero-order valence-corrected chi connectivity index (χ0v) is 12.5. The van der Waals surface area contributed by atoms with Crippen LogP contribution in [0.4, 0.5) is 0 Å². The van der Waals surface area contributed by atoms with Crippen LogP contribution in [-0.2, 0) is 11.2 Å². The van der Waals surface area contributed by atoms with Crippen molar-refractivity contribution in [1.82, 2.24) is 5.32 Å². The maximum atomic E-state index is 11.5. The molecular formula is C14H20BrNO2. The molecule has 1 amide bonds. The van der Waals surface area contributed by atoms with Crippen molar-refractivity contribution in [3.63, 3.8) is 0 Å². The standard InChI is InChI=1S/C14H20BrNO2/c1-3-5-8-16-14(17)10-18-13-7-6-12(15)9-11(13)4-2/h6-7,9H,3-5,8,10H2,1-2H3,(H,16,17). The molecule has 1 aromatic carbocycles. The average Bonchev–Trinajstić information content (AvgIpc) is 2.37. The van der Waals surface area contributed by atoms with E-state index in [1.54, 1.807) is 0 Å². The van der Waals surface area contributed by atoms with E-state index in [0.29, 0.717) is 0 Å². The number of benzene rings is 1. The Morgan fingerprint density at radius 2 is 2.17 bits per heavy atom. The van der Waals surface area contributed by atoms with Gasteiger partial charge in [0.1, 0.15) is 5.75 Å². The van der Waals surface area contributed by atoms with Gasteiger partial charge in [0.05, 0.1) is 0 Å². The lowest BCUT2D eigenvalue weighted by molar-refractivity contribution is -0.123. The third-order valence-corrected chi connectivity index (χ3v) is 3.11. The number of carbonyl (C=O) groups is 1. The van der Waals surface area contributed by atoms with Crippen LogP contribution in [0.3, 0.4) is 0 Å². The summed E-state index contributed by atoms with van der Waals surface area (Å²) in [6.07, 6.45) is 2.96. The highest BCUT2D eigenvalue weighted by Gasteiger charge is 2.06. The van der Waals surface area contributed by atoms with Crippen molar-refractivity contribution in [2.75, 3.05) is 13.2 Å². The van der Waals surface area contributed by atoms with E-state index in [9.17, 15) is 4.79 Å². The molecule has 1 aromatic rings. The number of halogens is 1. The first-order valence-corrected chi connectivity index (χ1v) is 7.14. The maximum Gasteiger partial charge on any atom is 0.257 e. The Morgan fingerprint density at radius 3 is 2.83 bits per heavy atom. The minimum absolute atomic E-state index is 0.0616. The summed E-state index contributed by atoms with van der Waals surface area (Å²) in [5.74, 6) is 0.722. The predicted octanol–water partition coefficient (Wildman–Crippen LogP) is 3.31. The summed E-state index contributed by atoms with van der Waals surface area (Å²) in [4.78, 5) is 11.5. The number of hydrogen-bond donors (Lipinski definition) is 1. The van der Waals surface area contributed by atoms with Crippen molar-refractivity contribution in [2.45, 2.75) is 33.1 Å². The zero-order chi connectivity index (χ0) is 13.4. The van der Waals surface area contributed by atoms with Gasteiger partial charge in [-0.15, -0.1) is 0 Å². The van der Waals surface area contributed by atoms with E-state index in [-0.39, 0.29) is 12.5 Å². The van der Waals surface area contributed by atoms with E-state index < -0.39 is 0 Å². The Hall–Kier alpha value is -1.03. The molecule has 4 heteroatoms. The molecule has 0 radical (unpaired) electrons. The first kappa shape index (κ1) is 15.0. The molecule has 100 valence electrons. The molecule has 0 atom stereocenters. The molecule has 0 spiro atoms. The van der Waals surface area contributed by atoms with Gasteiger partial charge >= 0.3 is 0 Å². The maximum absolute atomic E-state index is 11.5. The summed E-state index contributed by atoms with van der Waals surface area (Å²) in [7, 11) is 0. The third-order valence-electron chi connectivity index (χ3n) is 2.61. The number of aryl methyl sites for hydroxylation is 1. The summed E-state index contributed by atoms with van der Waals surface area (Å²) in [6.45, 7) is 4.96. The number of unbranched alkanes of at least 4 members (excludes halogenated alkanes) is 1. The van der Waals surface area contributed by atoms with Gasteiger partial charge in [-0.05, 0) is 36.6 Å². The Balaban J connectivity index is 2.45. The van der Waals surface area contributed by atoms with Gasteiger partial charge in [-0.1, -0.05) is 36.2 Å². The highest BCUT2D eigenvalue weighted by atomic mass is 79.9. The van der Waals surface area contributed by atoms with Gasteiger partial charge in [-0.2, -0.15) is 0 Å². The fraction of sp³-hybridized carbons (Fsp3) is 0.500. The first-order valence-electron chi connectivity index (χ1n) is 6.35. The van der Waals surface area contributed by atoms with Crippen molar-refractivity contribution in [3.8, 4) is 5.75 Å². The second-order valence-electron chi connectivity index (χ2n) is 4.10. The van der Waals surface area contributed by atoms with E-state index in [1.807, 2.05) is 18.2 Å². The third kappa shape index (κ3) is 5.08. The normalized spacial score (nSPS) is 10.2. The summed E-state index contributed by atoms with van der Waals surface area (Å²) >= 11 is 3.42. The van der Waals surface area contributed by atoms with Crippen LogP contribution in [0.15, 0.2) is 22.7 Å². The topological polar surface area (TPSA) is 38.3 Å². The average molecular weight is 314 g/mol. The first-order chi connectivity index (χ1) is 8.67. The van der Waals surface area contributed by atoms with Crippen molar-refractivity contribution in [2.24, 2.45) is 0 Å². The Morgan fingerprint density at radius 1 is 1.39 bits per heavy atom. The smallest absolute Gasteiger partial charge is 0.257 e. The van der Waals surface area contributed by atoms with E-state index in [1.165, 1.54) is 0 Å². The Labute approximate surface area is 117 Å². The van der Waals surface area contributed by atoms with E-state index in [2.05, 4.69) is 35.1 Å². The minimum atomic E-state index is -0.0616. The number of hydrogen-bond acceptors (Lipinski definition) is 2. The van der Waals surface area contributed by atoms with Crippen molar-refractivity contribution >= 4 is 21.8 Å². The lowest BCUT2D eigenvalue weighted by Crippen LogP contribution is -2.29. The van der Waals surface area contributed by atoms with Crippen LogP contribution in [0.1, 0.15) is 32.3 Å². The van der Waals surface area contributed by atoms with Gasteiger partial charge in [0.25, 0.3) is 5.91 Å². The van der Waals surface area contributed by atoms with Crippen LogP contribution in [0.5, 0.6) is 5.75 Å². The van der Waals surface area contributed by atoms with Gasteiger partial charge < -0.3 is 10.1 Å². The van der Waals surface area contributed by atoms with Crippen LogP contribution < -0.4 is 10.1 Å². The molecular weight excluding hydrogens is 294 g/mol. The van der Waals surface area contributed by atoms with Gasteiger partial charge in [0, 0.05) is 11.0 Å². The number of ether oxygens (including phenoxy) is 1. The van der Waals surface area contributed by atoms with Crippen molar-refractivity contribution in [1.29, 1.82) is 0 Å². The summed E-state index contributed by atoms with van der Waals surface area (Å²) in [5.41, 5.74) is 1.10. The number of nitrogens with one attached hydrogen (secondary N) is 1. The largest absolute Gasteiger partial charge is 0.483 e. The van der Waals surface area contributed by atoms with E-state index in [4.69, 9.17) is 4.74 Å². The molecule has 0 aromatic heterocycles. The molecule has 18 heavy (non-hydrogen) atoms. The molecule has 0 fully saturated rings. The van der Waals surface area contributed by atoms with Crippen molar-refractivity contribution in [3.05, 3.63) is 28.2 Å². The predicted molar refractivity (Wildman–Crippen MR) is 76.9 cm³/mol. The Kier molecular flexibility index (Phi) is 6.80. The fourth-order valence-corrected chi connectivity index (χ4v) is 1.97. The van der Waals surface area contributed by atoms with Gasteiger partial charge in [0.2, 0.25) is 0 Å². The highest BCUT2D eigenvalue weighted by molar-refractivity contribution is 9.10. The second kappa shape index (κ2) is 8.14. The van der Waals surface area contributed by atoms with Crippen LogP contribution in [-0.4, -0.2) is 19.1 Å². The molecule has 1 N–H and O–H groups in total. The monoisotopic (exact) mass is 313 g/mol. The van der Waals surface area contributed by atoms with E-state index in [0.717, 1.165) is 41.6 Å². The fourth-order valence-electron chi connectivity index (χ4n) is 1.56. The quantitative estimate of drug-likeness (QED) is 0.784. The van der Waals surface area contributed by atoms with Crippen LogP contribution in [0, 0.1) is 0 Å². The van der Waals surface area contributed by atoms with Crippen LogP contribution >= 0.6 is 15.9 Å². The molecule has 0 saturated carbocycles. The number of rotatable bonds is 7. The molecule has 0 saturated heterocycles. The second-order valence-corrected chi connectivity index (χ2v) is 5.01. The molecule has 0 aliphatic rings. The summed E-state index contributed by atoms with van der Waals surface area (Å²) in [6, 6.07) is 5.83. The van der Waals surface area contributed by atoms with Gasteiger partial charge in [0.15, 0.2) is 6.61 Å². The number of carbonyl (C=O) groups excluding carboxylic acids is 1. The summed E-state index contributed by atoms with van der Waals surface area (Å²) < 4.78 is 6.57. The van der Waals surface area contributed by atoms with Crippen LogP contribution in [0.25, 0.3) is 0 Å². The molecule has 0 unspecified atom stereocenters. The SMILES string of the molecule is CCCCNC(=O)COc1ccc(Br)cc1CC. The summed E-state index contributed by atoms with van der Waals surface area (Å²) in [5, 5.41) is 2.83. The molecule has 0 aliphatic carbocycles. The lowest BCUT2D eigenvalue weighted by atomic mass is 10.1. The van der Waals surface area contributed by atoms with Crippen LogP contribution in [0.2, 0.25) is 0 Å². The minimum Gasteiger partial charge on any atom is -0.483 e.